The van der Waals surface area contributed by atoms with Crippen LogP contribution in [0.2, 0.25) is 0 Å². The highest BCUT2D eigenvalue weighted by Crippen LogP contribution is 2.33. The number of amides is 1. The van der Waals surface area contributed by atoms with Gasteiger partial charge in [0, 0.05) is 12.6 Å². The molecule has 0 bridgehead atoms. The largest absolute Gasteiger partial charge is 0.489 e. The van der Waals surface area contributed by atoms with E-state index in [-0.39, 0.29) is 19.1 Å². The number of nitrogens with one attached hydrogen (secondary N) is 2. The van der Waals surface area contributed by atoms with E-state index in [1.165, 1.54) is 11.2 Å². The third-order valence-corrected chi connectivity index (χ3v) is 4.86. The van der Waals surface area contributed by atoms with Gasteiger partial charge in [-0.3, -0.25) is 9.52 Å². The standard InChI is InChI=1S/C16H17N3O4S/c1-12(20)17-13-5-4-6-14(11-13)18-24(21,22)19-9-10-23-16-8-3-2-7-15(16)19/h2-8,11,18H,9-10H2,1H3,(H,17,20). The fourth-order valence-corrected chi connectivity index (χ4v) is 3.72. The third-order valence-electron chi connectivity index (χ3n) is 3.41. The highest BCUT2D eigenvalue weighted by molar-refractivity contribution is 7.94. The van der Waals surface area contributed by atoms with Crippen molar-refractivity contribution < 1.29 is 17.9 Å². The van der Waals surface area contributed by atoms with Gasteiger partial charge in [-0.25, -0.2) is 4.31 Å². The Bertz CT molecular complexity index is 867. The van der Waals surface area contributed by atoms with Crippen LogP contribution in [0.4, 0.5) is 17.1 Å². The van der Waals surface area contributed by atoms with Crippen LogP contribution < -0.4 is 19.1 Å². The first-order chi connectivity index (χ1) is 11.5. The Balaban J connectivity index is 1.86. The molecule has 0 spiro atoms. The maximum Gasteiger partial charge on any atom is 0.324 e. The zero-order valence-electron chi connectivity index (χ0n) is 13.0. The predicted octanol–water partition coefficient (Wildman–Crippen LogP) is 2.20. The van der Waals surface area contributed by atoms with Crippen LogP contribution >= 0.6 is 0 Å². The highest BCUT2D eigenvalue weighted by atomic mass is 32.2. The summed E-state index contributed by atoms with van der Waals surface area (Å²) < 4.78 is 34.7. The molecule has 1 heterocycles. The Hall–Kier alpha value is -2.74. The molecule has 0 atom stereocenters. The first-order valence-electron chi connectivity index (χ1n) is 7.36. The van der Waals surface area contributed by atoms with Gasteiger partial charge in [0.25, 0.3) is 0 Å². The van der Waals surface area contributed by atoms with E-state index in [1.807, 2.05) is 0 Å². The van der Waals surface area contributed by atoms with E-state index in [9.17, 15) is 13.2 Å². The van der Waals surface area contributed by atoms with Crippen molar-refractivity contribution >= 4 is 33.2 Å². The molecule has 3 rings (SSSR count). The molecule has 0 aromatic heterocycles. The molecule has 2 aromatic carbocycles. The number of carbonyl (C=O) groups is 1. The molecule has 24 heavy (non-hydrogen) atoms. The number of carbonyl (C=O) groups excluding carboxylic acids is 1. The average molecular weight is 347 g/mol. The Morgan fingerprint density at radius 3 is 2.67 bits per heavy atom. The molecule has 1 aliphatic heterocycles. The van der Waals surface area contributed by atoms with Gasteiger partial charge in [0.15, 0.2) is 0 Å². The summed E-state index contributed by atoms with van der Waals surface area (Å²) in [6, 6.07) is 13.5. The lowest BCUT2D eigenvalue weighted by Gasteiger charge is -2.30. The lowest BCUT2D eigenvalue weighted by Crippen LogP contribution is -2.41. The van der Waals surface area contributed by atoms with Crippen molar-refractivity contribution in [3.8, 4) is 5.75 Å². The van der Waals surface area contributed by atoms with Crippen molar-refractivity contribution in [2.75, 3.05) is 27.5 Å². The minimum Gasteiger partial charge on any atom is -0.489 e. The summed E-state index contributed by atoms with van der Waals surface area (Å²) in [5, 5.41) is 2.62. The Labute approximate surface area is 140 Å². The highest BCUT2D eigenvalue weighted by Gasteiger charge is 2.28. The molecule has 0 unspecified atom stereocenters. The van der Waals surface area contributed by atoms with Crippen molar-refractivity contribution in [3.63, 3.8) is 0 Å². The van der Waals surface area contributed by atoms with E-state index in [2.05, 4.69) is 10.0 Å². The van der Waals surface area contributed by atoms with Gasteiger partial charge in [0.1, 0.15) is 12.4 Å². The second-order valence-electron chi connectivity index (χ2n) is 5.26. The molecule has 2 N–H and O–H groups in total. The molecule has 2 aromatic rings. The van der Waals surface area contributed by atoms with Gasteiger partial charge >= 0.3 is 10.2 Å². The van der Waals surface area contributed by atoms with Crippen molar-refractivity contribution in [3.05, 3.63) is 48.5 Å². The molecule has 0 aliphatic carbocycles. The quantitative estimate of drug-likeness (QED) is 0.887. The summed E-state index contributed by atoms with van der Waals surface area (Å²) in [6.45, 7) is 1.89. The van der Waals surface area contributed by atoms with Crippen LogP contribution in [-0.4, -0.2) is 27.5 Å². The summed E-state index contributed by atoms with van der Waals surface area (Å²) in [4.78, 5) is 11.1. The second-order valence-corrected chi connectivity index (χ2v) is 6.85. The number of anilines is 3. The topological polar surface area (TPSA) is 87.7 Å². The van der Waals surface area contributed by atoms with Gasteiger partial charge in [-0.1, -0.05) is 18.2 Å². The number of benzene rings is 2. The Morgan fingerprint density at radius 2 is 1.88 bits per heavy atom. The van der Waals surface area contributed by atoms with Crippen LogP contribution in [0, 0.1) is 0 Å². The number of hydrogen-bond acceptors (Lipinski definition) is 4. The molecule has 0 saturated heterocycles. The molecule has 7 nitrogen and oxygen atoms in total. The minimum atomic E-state index is -3.80. The van der Waals surface area contributed by atoms with E-state index >= 15 is 0 Å². The van der Waals surface area contributed by atoms with Gasteiger partial charge in [0.2, 0.25) is 5.91 Å². The van der Waals surface area contributed by atoms with Gasteiger partial charge in [0.05, 0.1) is 17.9 Å². The number of nitrogens with zero attached hydrogens (tertiary/aromatic N) is 1. The van der Waals surface area contributed by atoms with Crippen LogP contribution in [0.1, 0.15) is 6.92 Å². The summed E-state index contributed by atoms with van der Waals surface area (Å²) in [5.41, 5.74) is 1.38. The van der Waals surface area contributed by atoms with Gasteiger partial charge in [-0.2, -0.15) is 8.42 Å². The first kappa shape index (κ1) is 16.1. The summed E-state index contributed by atoms with van der Waals surface area (Å²) in [7, 11) is -3.80. The molecular weight excluding hydrogens is 330 g/mol. The first-order valence-corrected chi connectivity index (χ1v) is 8.80. The number of para-hydroxylation sites is 2. The van der Waals surface area contributed by atoms with Crippen molar-refractivity contribution in [1.82, 2.24) is 0 Å². The van der Waals surface area contributed by atoms with Crippen molar-refractivity contribution in [2.45, 2.75) is 6.92 Å². The fourth-order valence-electron chi connectivity index (χ4n) is 2.46. The number of rotatable bonds is 4. The SMILES string of the molecule is CC(=O)Nc1cccc(NS(=O)(=O)N2CCOc3ccccc32)c1. The van der Waals surface area contributed by atoms with E-state index in [0.717, 1.165) is 0 Å². The molecule has 8 heteroatoms. The summed E-state index contributed by atoms with van der Waals surface area (Å²) in [6.07, 6.45) is 0. The predicted molar refractivity (Wildman–Crippen MR) is 92.6 cm³/mol. The lowest BCUT2D eigenvalue weighted by atomic mass is 10.2. The zero-order valence-corrected chi connectivity index (χ0v) is 13.8. The molecule has 1 aliphatic rings. The molecule has 0 saturated carbocycles. The molecule has 126 valence electrons. The molecule has 0 radical (unpaired) electrons. The second kappa shape index (κ2) is 6.40. The normalized spacial score (nSPS) is 13.6. The van der Waals surface area contributed by atoms with Gasteiger partial charge in [-0.05, 0) is 30.3 Å². The fraction of sp³-hybridized carbons (Fsp3) is 0.188. The van der Waals surface area contributed by atoms with Crippen molar-refractivity contribution in [2.24, 2.45) is 0 Å². The van der Waals surface area contributed by atoms with E-state index in [4.69, 9.17) is 4.74 Å². The number of hydrogen-bond donors (Lipinski definition) is 2. The summed E-state index contributed by atoms with van der Waals surface area (Å²) >= 11 is 0. The maximum atomic E-state index is 12.7. The van der Waals surface area contributed by atoms with Crippen LogP contribution in [0.25, 0.3) is 0 Å². The molecule has 0 fully saturated rings. The Morgan fingerprint density at radius 1 is 1.12 bits per heavy atom. The summed E-state index contributed by atoms with van der Waals surface area (Å²) in [5.74, 6) is 0.304. The third kappa shape index (κ3) is 3.43. The van der Waals surface area contributed by atoms with Gasteiger partial charge in [-0.15, -0.1) is 0 Å². The van der Waals surface area contributed by atoms with Crippen LogP contribution in [0.15, 0.2) is 48.5 Å². The zero-order chi connectivity index (χ0) is 17.2. The molecular formula is C16H17N3O4S. The van der Waals surface area contributed by atoms with Gasteiger partial charge < -0.3 is 10.1 Å². The van der Waals surface area contributed by atoms with E-state index in [1.54, 1.807) is 48.5 Å². The van der Waals surface area contributed by atoms with Crippen molar-refractivity contribution in [1.29, 1.82) is 0 Å². The maximum absolute atomic E-state index is 12.7. The van der Waals surface area contributed by atoms with Crippen LogP contribution in [0.3, 0.4) is 0 Å². The van der Waals surface area contributed by atoms with Crippen LogP contribution in [0.5, 0.6) is 5.75 Å². The minimum absolute atomic E-state index is 0.220. The van der Waals surface area contributed by atoms with E-state index < -0.39 is 10.2 Å². The lowest BCUT2D eigenvalue weighted by molar-refractivity contribution is -0.114. The number of fused-ring (bicyclic) bond motifs is 1. The monoisotopic (exact) mass is 347 g/mol. The number of ether oxygens (including phenoxy) is 1. The smallest absolute Gasteiger partial charge is 0.324 e. The molecule has 1 amide bonds. The average Bonchev–Trinajstić information content (AvgIpc) is 2.53. The Kier molecular flexibility index (Phi) is 4.30. The van der Waals surface area contributed by atoms with E-state index in [0.29, 0.717) is 22.8 Å². The van der Waals surface area contributed by atoms with Crippen LogP contribution in [-0.2, 0) is 15.0 Å².